The second kappa shape index (κ2) is 9.60. The van der Waals surface area contributed by atoms with E-state index in [0.717, 1.165) is 11.5 Å². The fourth-order valence-corrected chi connectivity index (χ4v) is 4.02. The number of fused-ring (bicyclic) bond motifs is 1. The first-order chi connectivity index (χ1) is 10.3. The van der Waals surface area contributed by atoms with Crippen LogP contribution in [0.15, 0.2) is 10.8 Å². The Kier molecular flexibility index (Phi) is 8.85. The minimum absolute atomic E-state index is 0. The normalized spacial score (nSPS) is 19.7. The Bertz CT molecular complexity index is 574. The molecule has 2 rings (SSSR count). The standard InChI is InChI=1S/C14H22O6S2.Na/c1-10(3-11(2)9-22(15,16)17)4-18-5-12-6-19-13-7-21-8-14(13)20-12;/h7-8,10-12H,3-6,9H2,1-2H3,(H,15,16,17);/q;+1/p-1. The molecule has 0 fully saturated rings. The van der Waals surface area contributed by atoms with Gasteiger partial charge in [0.05, 0.1) is 16.7 Å². The third-order valence-electron chi connectivity index (χ3n) is 3.31. The van der Waals surface area contributed by atoms with Gasteiger partial charge in [-0.1, -0.05) is 13.8 Å². The van der Waals surface area contributed by atoms with E-state index in [0.29, 0.717) is 26.2 Å². The van der Waals surface area contributed by atoms with Crippen LogP contribution in [0.25, 0.3) is 0 Å². The first-order valence-electron chi connectivity index (χ1n) is 7.20. The largest absolute Gasteiger partial charge is 1.00 e. The monoisotopic (exact) mass is 372 g/mol. The van der Waals surface area contributed by atoms with Gasteiger partial charge in [-0.2, -0.15) is 0 Å². The molecular formula is C14H21NaO6S2. The summed E-state index contributed by atoms with van der Waals surface area (Å²) in [6.45, 7) is 5.13. The molecule has 0 amide bonds. The minimum atomic E-state index is -4.16. The molecule has 3 unspecified atom stereocenters. The Labute approximate surface area is 163 Å². The van der Waals surface area contributed by atoms with Gasteiger partial charge in [0.15, 0.2) is 17.6 Å². The summed E-state index contributed by atoms with van der Waals surface area (Å²) in [7, 11) is -4.16. The topological polar surface area (TPSA) is 84.9 Å². The molecule has 0 N–H and O–H groups in total. The van der Waals surface area contributed by atoms with Gasteiger partial charge in [0.2, 0.25) is 0 Å². The Morgan fingerprint density at radius 3 is 2.74 bits per heavy atom. The molecule has 6 nitrogen and oxygen atoms in total. The molecule has 23 heavy (non-hydrogen) atoms. The quantitative estimate of drug-likeness (QED) is 0.435. The van der Waals surface area contributed by atoms with E-state index in [9.17, 15) is 13.0 Å². The summed E-state index contributed by atoms with van der Waals surface area (Å²) in [5.41, 5.74) is 0. The molecule has 1 aromatic heterocycles. The third kappa shape index (κ3) is 7.72. The molecule has 0 aromatic carbocycles. The summed E-state index contributed by atoms with van der Waals surface area (Å²) in [4.78, 5) is 0. The van der Waals surface area contributed by atoms with Crippen LogP contribution in [0.2, 0.25) is 0 Å². The van der Waals surface area contributed by atoms with Crippen LogP contribution in [0, 0.1) is 11.8 Å². The maximum Gasteiger partial charge on any atom is 1.00 e. The zero-order valence-corrected chi connectivity index (χ0v) is 17.3. The SMILES string of the molecule is CC(COCC1COc2cscc2O1)CC(C)CS(=O)(=O)[O-].[Na+]. The first kappa shape index (κ1) is 21.2. The molecule has 3 atom stereocenters. The number of thiophene rings is 1. The Morgan fingerprint density at radius 1 is 1.35 bits per heavy atom. The van der Waals surface area contributed by atoms with Crippen LogP contribution in [0.3, 0.4) is 0 Å². The fraction of sp³-hybridized carbons (Fsp3) is 0.714. The van der Waals surface area contributed by atoms with E-state index >= 15 is 0 Å². The van der Waals surface area contributed by atoms with Crippen molar-refractivity contribution in [3.8, 4) is 11.5 Å². The van der Waals surface area contributed by atoms with Crippen molar-refractivity contribution < 1.29 is 56.7 Å². The Balaban J connectivity index is 0.00000264. The molecule has 2 heterocycles. The predicted molar refractivity (Wildman–Crippen MR) is 82.6 cm³/mol. The Hall–Kier alpha value is 0.170. The molecule has 9 heteroatoms. The third-order valence-corrected chi connectivity index (χ3v) is 4.99. The van der Waals surface area contributed by atoms with Crippen molar-refractivity contribution in [1.82, 2.24) is 0 Å². The summed E-state index contributed by atoms with van der Waals surface area (Å²) in [6.07, 6.45) is 0.506. The van der Waals surface area contributed by atoms with Crippen molar-refractivity contribution in [3.63, 3.8) is 0 Å². The molecule has 1 aromatic rings. The van der Waals surface area contributed by atoms with E-state index in [1.807, 2.05) is 17.7 Å². The van der Waals surface area contributed by atoms with Crippen molar-refractivity contribution in [2.75, 3.05) is 25.6 Å². The summed E-state index contributed by atoms with van der Waals surface area (Å²) >= 11 is 1.53. The van der Waals surface area contributed by atoms with E-state index < -0.39 is 10.1 Å². The van der Waals surface area contributed by atoms with Gasteiger partial charge in [0, 0.05) is 23.1 Å². The molecular weight excluding hydrogens is 351 g/mol. The van der Waals surface area contributed by atoms with E-state index in [1.165, 1.54) is 11.3 Å². The maximum atomic E-state index is 10.7. The zero-order chi connectivity index (χ0) is 16.2. The van der Waals surface area contributed by atoms with Crippen molar-refractivity contribution in [2.45, 2.75) is 26.4 Å². The summed E-state index contributed by atoms with van der Waals surface area (Å²) in [6, 6.07) is 0. The average molecular weight is 372 g/mol. The van der Waals surface area contributed by atoms with Crippen LogP contribution >= 0.6 is 11.3 Å². The second-order valence-corrected chi connectivity index (χ2v) is 8.05. The zero-order valence-electron chi connectivity index (χ0n) is 13.7. The summed E-state index contributed by atoms with van der Waals surface area (Å²) in [5.74, 6) is 1.23. The van der Waals surface area contributed by atoms with E-state index in [1.54, 1.807) is 6.92 Å². The summed E-state index contributed by atoms with van der Waals surface area (Å²) in [5, 5.41) is 3.80. The molecule has 126 valence electrons. The smallest absolute Gasteiger partial charge is 0.748 e. The van der Waals surface area contributed by atoms with Gasteiger partial charge in [0.25, 0.3) is 0 Å². The van der Waals surface area contributed by atoms with Crippen LogP contribution in [0.1, 0.15) is 20.3 Å². The van der Waals surface area contributed by atoms with Gasteiger partial charge < -0.3 is 18.8 Å². The molecule has 0 aliphatic carbocycles. The van der Waals surface area contributed by atoms with Gasteiger partial charge in [0.1, 0.15) is 6.61 Å². The second-order valence-electron chi connectivity index (χ2n) is 5.86. The van der Waals surface area contributed by atoms with Crippen molar-refractivity contribution >= 4 is 21.5 Å². The Morgan fingerprint density at radius 2 is 2.04 bits per heavy atom. The molecule has 0 saturated carbocycles. The molecule has 0 bridgehead atoms. The van der Waals surface area contributed by atoms with E-state index in [-0.39, 0.29) is 53.2 Å². The van der Waals surface area contributed by atoms with Crippen molar-refractivity contribution in [1.29, 1.82) is 0 Å². The molecule has 1 aliphatic rings. The maximum absolute atomic E-state index is 10.7. The minimum Gasteiger partial charge on any atom is -0.748 e. The number of rotatable bonds is 8. The number of hydrogen-bond donors (Lipinski definition) is 0. The van der Waals surface area contributed by atoms with E-state index in [4.69, 9.17) is 14.2 Å². The van der Waals surface area contributed by atoms with Gasteiger partial charge in [-0.25, -0.2) is 8.42 Å². The number of ether oxygens (including phenoxy) is 3. The molecule has 0 saturated heterocycles. The van der Waals surface area contributed by atoms with Crippen LogP contribution in [-0.2, 0) is 14.9 Å². The van der Waals surface area contributed by atoms with Gasteiger partial charge in [-0.05, 0) is 18.3 Å². The molecule has 0 spiro atoms. The number of hydrogen-bond acceptors (Lipinski definition) is 7. The molecule has 1 aliphatic heterocycles. The van der Waals surface area contributed by atoms with Crippen LogP contribution in [0.4, 0.5) is 0 Å². The van der Waals surface area contributed by atoms with Gasteiger partial charge >= 0.3 is 29.6 Å². The van der Waals surface area contributed by atoms with Crippen LogP contribution in [0.5, 0.6) is 11.5 Å². The first-order valence-corrected chi connectivity index (χ1v) is 9.72. The fourth-order valence-electron chi connectivity index (χ4n) is 2.52. The van der Waals surface area contributed by atoms with Crippen LogP contribution in [-0.4, -0.2) is 44.6 Å². The summed E-state index contributed by atoms with van der Waals surface area (Å²) < 4.78 is 49.0. The molecule has 0 radical (unpaired) electrons. The predicted octanol–water partition coefficient (Wildman–Crippen LogP) is -0.884. The van der Waals surface area contributed by atoms with Gasteiger partial charge in [-0.15, -0.1) is 11.3 Å². The van der Waals surface area contributed by atoms with Crippen molar-refractivity contribution in [3.05, 3.63) is 10.8 Å². The van der Waals surface area contributed by atoms with Crippen LogP contribution < -0.4 is 39.0 Å². The van der Waals surface area contributed by atoms with Crippen molar-refractivity contribution in [2.24, 2.45) is 11.8 Å². The van der Waals surface area contributed by atoms with E-state index in [2.05, 4.69) is 0 Å². The van der Waals surface area contributed by atoms with Gasteiger partial charge in [-0.3, -0.25) is 0 Å². The average Bonchev–Trinajstić information content (AvgIpc) is 2.83.